The molecular weight excluding hydrogens is 198 g/mol. The zero-order valence-electron chi connectivity index (χ0n) is 10.2. The Labute approximate surface area is 97.3 Å². The lowest BCUT2D eigenvalue weighted by molar-refractivity contribution is 0.415. The molecule has 0 saturated heterocycles. The van der Waals surface area contributed by atoms with Gasteiger partial charge in [-0.2, -0.15) is 5.10 Å². The lowest BCUT2D eigenvalue weighted by Crippen LogP contribution is -2.26. The quantitative estimate of drug-likeness (QED) is 0.764. The average Bonchev–Trinajstić information content (AvgIpc) is 2.74. The maximum atomic E-state index is 4.06. The van der Waals surface area contributed by atoms with E-state index >= 15 is 0 Å². The van der Waals surface area contributed by atoms with E-state index < -0.39 is 0 Å². The van der Waals surface area contributed by atoms with Crippen molar-refractivity contribution in [1.82, 2.24) is 15.5 Å². The van der Waals surface area contributed by atoms with Gasteiger partial charge in [-0.1, -0.05) is 12.2 Å². The third-order valence-electron chi connectivity index (χ3n) is 3.43. The topological polar surface area (TPSA) is 40.7 Å². The van der Waals surface area contributed by atoms with E-state index in [1.165, 1.54) is 30.5 Å². The van der Waals surface area contributed by atoms with Gasteiger partial charge in [0.2, 0.25) is 0 Å². The summed E-state index contributed by atoms with van der Waals surface area (Å²) in [7, 11) is 0. The highest BCUT2D eigenvalue weighted by Gasteiger charge is 2.13. The van der Waals surface area contributed by atoms with Crippen LogP contribution >= 0.6 is 0 Å². The predicted molar refractivity (Wildman–Crippen MR) is 66.2 cm³/mol. The number of allylic oxidation sites excluding steroid dienone is 2. The maximum absolute atomic E-state index is 4.06. The van der Waals surface area contributed by atoms with E-state index in [9.17, 15) is 0 Å². The molecule has 1 aliphatic rings. The fourth-order valence-electron chi connectivity index (χ4n) is 2.29. The SMILES string of the molecule is Cc1[nH]ncc1C(C)NCC1CC=CCC1. The first-order valence-electron chi connectivity index (χ1n) is 6.15. The summed E-state index contributed by atoms with van der Waals surface area (Å²) in [5.74, 6) is 0.805. The van der Waals surface area contributed by atoms with Gasteiger partial charge in [-0.25, -0.2) is 0 Å². The number of hydrogen-bond donors (Lipinski definition) is 2. The molecule has 2 N–H and O–H groups in total. The standard InChI is InChI=1S/C13H21N3/c1-10(13-9-15-16-11(13)2)14-8-12-6-4-3-5-7-12/h3-4,9-10,12,14H,5-8H2,1-2H3,(H,15,16). The van der Waals surface area contributed by atoms with Gasteiger partial charge in [0.05, 0.1) is 6.20 Å². The molecule has 1 aromatic heterocycles. The van der Waals surface area contributed by atoms with E-state index in [0.717, 1.165) is 12.5 Å². The molecule has 16 heavy (non-hydrogen) atoms. The highest BCUT2D eigenvalue weighted by atomic mass is 15.1. The van der Waals surface area contributed by atoms with E-state index in [1.807, 2.05) is 6.20 Å². The second-order valence-corrected chi connectivity index (χ2v) is 4.73. The summed E-state index contributed by atoms with van der Waals surface area (Å²) in [4.78, 5) is 0. The van der Waals surface area contributed by atoms with Crippen molar-refractivity contribution in [2.24, 2.45) is 5.92 Å². The fraction of sp³-hybridized carbons (Fsp3) is 0.615. The van der Waals surface area contributed by atoms with Gasteiger partial charge >= 0.3 is 0 Å². The predicted octanol–water partition coefficient (Wildman–Crippen LogP) is 2.73. The van der Waals surface area contributed by atoms with Crippen LogP contribution in [-0.4, -0.2) is 16.7 Å². The molecular formula is C13H21N3. The summed E-state index contributed by atoms with van der Waals surface area (Å²) in [6.07, 6.45) is 10.3. The molecule has 2 unspecified atom stereocenters. The first kappa shape index (κ1) is 11.4. The maximum Gasteiger partial charge on any atom is 0.0537 e. The largest absolute Gasteiger partial charge is 0.310 e. The Balaban J connectivity index is 1.81. The number of rotatable bonds is 4. The van der Waals surface area contributed by atoms with Crippen LogP contribution in [0.2, 0.25) is 0 Å². The third-order valence-corrected chi connectivity index (χ3v) is 3.43. The second-order valence-electron chi connectivity index (χ2n) is 4.73. The zero-order chi connectivity index (χ0) is 11.4. The number of H-pyrrole nitrogens is 1. The normalized spacial score (nSPS) is 22.2. The molecule has 0 spiro atoms. The van der Waals surface area contributed by atoms with Gasteiger partial charge in [-0.15, -0.1) is 0 Å². The number of nitrogens with one attached hydrogen (secondary N) is 2. The molecule has 0 radical (unpaired) electrons. The number of aryl methyl sites for hydroxylation is 1. The van der Waals surface area contributed by atoms with Crippen LogP contribution in [-0.2, 0) is 0 Å². The van der Waals surface area contributed by atoms with E-state index in [-0.39, 0.29) is 0 Å². The first-order valence-corrected chi connectivity index (χ1v) is 6.15. The number of hydrogen-bond acceptors (Lipinski definition) is 2. The van der Waals surface area contributed by atoms with Crippen molar-refractivity contribution in [3.8, 4) is 0 Å². The monoisotopic (exact) mass is 219 g/mol. The van der Waals surface area contributed by atoms with Gasteiger partial charge in [0.25, 0.3) is 0 Å². The van der Waals surface area contributed by atoms with Crippen LogP contribution in [0.3, 0.4) is 0 Å². The molecule has 2 atom stereocenters. The van der Waals surface area contributed by atoms with Gasteiger partial charge in [-0.3, -0.25) is 5.10 Å². The molecule has 3 heteroatoms. The van der Waals surface area contributed by atoms with Gasteiger partial charge in [0.1, 0.15) is 0 Å². The summed E-state index contributed by atoms with van der Waals surface area (Å²) >= 11 is 0. The van der Waals surface area contributed by atoms with Crippen molar-refractivity contribution < 1.29 is 0 Å². The summed E-state index contributed by atoms with van der Waals surface area (Å²) in [6.45, 7) is 5.39. The molecule has 1 aliphatic carbocycles. The summed E-state index contributed by atoms with van der Waals surface area (Å²) < 4.78 is 0. The van der Waals surface area contributed by atoms with Crippen molar-refractivity contribution in [2.45, 2.75) is 39.2 Å². The Kier molecular flexibility index (Phi) is 3.78. The molecule has 1 aromatic rings. The Morgan fingerprint density at radius 1 is 1.56 bits per heavy atom. The zero-order valence-corrected chi connectivity index (χ0v) is 10.2. The van der Waals surface area contributed by atoms with Crippen LogP contribution in [0, 0.1) is 12.8 Å². The highest BCUT2D eigenvalue weighted by molar-refractivity contribution is 5.18. The van der Waals surface area contributed by atoms with Crippen LogP contribution in [0.1, 0.15) is 43.5 Å². The van der Waals surface area contributed by atoms with Crippen LogP contribution in [0.4, 0.5) is 0 Å². The minimum Gasteiger partial charge on any atom is -0.310 e. The minimum atomic E-state index is 0.393. The molecule has 0 aliphatic heterocycles. The van der Waals surface area contributed by atoms with Crippen molar-refractivity contribution >= 4 is 0 Å². The average molecular weight is 219 g/mol. The first-order chi connectivity index (χ1) is 7.77. The molecule has 2 rings (SSSR count). The summed E-state index contributed by atoms with van der Waals surface area (Å²) in [6, 6.07) is 0.393. The van der Waals surface area contributed by atoms with Crippen LogP contribution in [0.15, 0.2) is 18.3 Å². The van der Waals surface area contributed by atoms with Crippen molar-refractivity contribution in [1.29, 1.82) is 0 Å². The molecule has 0 amide bonds. The summed E-state index contributed by atoms with van der Waals surface area (Å²) in [5, 5.41) is 10.6. The third kappa shape index (κ3) is 2.73. The number of aromatic nitrogens is 2. The van der Waals surface area contributed by atoms with Crippen molar-refractivity contribution in [2.75, 3.05) is 6.54 Å². The van der Waals surface area contributed by atoms with Gasteiger partial charge in [-0.05, 0) is 45.6 Å². The molecule has 1 heterocycles. The molecule has 0 bridgehead atoms. The smallest absolute Gasteiger partial charge is 0.0537 e. The van der Waals surface area contributed by atoms with Crippen LogP contribution < -0.4 is 5.32 Å². The van der Waals surface area contributed by atoms with Gasteiger partial charge in [0, 0.05) is 17.3 Å². The van der Waals surface area contributed by atoms with Gasteiger partial charge < -0.3 is 5.32 Å². The Morgan fingerprint density at radius 3 is 3.06 bits per heavy atom. The van der Waals surface area contributed by atoms with E-state index in [2.05, 4.69) is 41.5 Å². The fourth-order valence-corrected chi connectivity index (χ4v) is 2.29. The molecule has 0 fully saturated rings. The molecule has 0 saturated carbocycles. The summed E-state index contributed by atoms with van der Waals surface area (Å²) in [5.41, 5.74) is 2.45. The van der Waals surface area contributed by atoms with Crippen molar-refractivity contribution in [3.63, 3.8) is 0 Å². The molecule has 3 nitrogen and oxygen atoms in total. The highest BCUT2D eigenvalue weighted by Crippen LogP contribution is 2.19. The van der Waals surface area contributed by atoms with Crippen LogP contribution in [0.25, 0.3) is 0 Å². The van der Waals surface area contributed by atoms with E-state index in [0.29, 0.717) is 6.04 Å². The Bertz CT molecular complexity index is 354. The molecule has 88 valence electrons. The lowest BCUT2D eigenvalue weighted by Gasteiger charge is -2.21. The van der Waals surface area contributed by atoms with E-state index in [4.69, 9.17) is 0 Å². The number of aromatic amines is 1. The van der Waals surface area contributed by atoms with E-state index in [1.54, 1.807) is 0 Å². The Morgan fingerprint density at radius 2 is 2.44 bits per heavy atom. The van der Waals surface area contributed by atoms with Crippen molar-refractivity contribution in [3.05, 3.63) is 29.6 Å². The lowest BCUT2D eigenvalue weighted by atomic mass is 9.94. The van der Waals surface area contributed by atoms with Crippen LogP contribution in [0.5, 0.6) is 0 Å². The minimum absolute atomic E-state index is 0.393. The Hall–Kier alpha value is -1.09. The second kappa shape index (κ2) is 5.30. The van der Waals surface area contributed by atoms with Gasteiger partial charge in [0.15, 0.2) is 0 Å². The molecule has 0 aromatic carbocycles. The number of nitrogens with zero attached hydrogens (tertiary/aromatic N) is 1.